The molecule has 1 unspecified atom stereocenters. The van der Waals surface area contributed by atoms with Crippen molar-refractivity contribution in [2.75, 3.05) is 13.2 Å². The van der Waals surface area contributed by atoms with Crippen LogP contribution >= 0.6 is 0 Å². The second-order valence-electron chi connectivity index (χ2n) is 8.04. The number of unbranched alkanes of at least 4 members (excludes halogenated alkanes) is 1. The molecule has 0 radical (unpaired) electrons. The Hall–Kier alpha value is -4.62. The Bertz CT molecular complexity index is 1230. The molecule has 0 saturated carbocycles. The van der Waals surface area contributed by atoms with E-state index in [1.54, 1.807) is 30.3 Å². The normalized spacial score (nSPS) is 11.4. The standard InChI is InChI=1S/C31H30O7/c1-3-29(32)36-22-6-5-21-35-26-14-12-25(13-15-26)24-10-7-23(8-11-24)9-20-31(34)38-28-18-16-27(17-19-28)37-30(33)4-2/h3-4,7-20,31,34H,1-2,5-6,21-22H2/b20-9+. The lowest BCUT2D eigenvalue weighted by atomic mass is 10.0. The lowest BCUT2D eigenvalue weighted by molar-refractivity contribution is -0.137. The molecule has 1 N–H and O–H groups in total. The molecule has 0 aliphatic rings. The maximum atomic E-state index is 11.2. The summed E-state index contributed by atoms with van der Waals surface area (Å²) in [6, 6.07) is 22.0. The first-order valence-electron chi connectivity index (χ1n) is 12.1. The van der Waals surface area contributed by atoms with Gasteiger partial charge in [0.15, 0.2) is 0 Å². The summed E-state index contributed by atoms with van der Waals surface area (Å²) in [5, 5.41) is 10.2. The van der Waals surface area contributed by atoms with Gasteiger partial charge in [-0.15, -0.1) is 0 Å². The van der Waals surface area contributed by atoms with Crippen molar-refractivity contribution in [3.8, 4) is 28.4 Å². The van der Waals surface area contributed by atoms with Crippen molar-refractivity contribution in [2.45, 2.75) is 19.1 Å². The van der Waals surface area contributed by atoms with Gasteiger partial charge in [-0.25, -0.2) is 9.59 Å². The predicted molar refractivity (Wildman–Crippen MR) is 146 cm³/mol. The second-order valence-corrected chi connectivity index (χ2v) is 8.04. The highest BCUT2D eigenvalue weighted by Gasteiger charge is 2.05. The number of carbonyl (C=O) groups is 2. The highest BCUT2D eigenvalue weighted by Crippen LogP contribution is 2.24. The number of aliphatic hydroxyl groups is 1. The van der Waals surface area contributed by atoms with E-state index in [-0.39, 0.29) is 0 Å². The summed E-state index contributed by atoms with van der Waals surface area (Å²) < 4.78 is 21.1. The van der Waals surface area contributed by atoms with E-state index in [4.69, 9.17) is 18.9 Å². The summed E-state index contributed by atoms with van der Waals surface area (Å²) >= 11 is 0. The van der Waals surface area contributed by atoms with Crippen LogP contribution in [0.4, 0.5) is 0 Å². The van der Waals surface area contributed by atoms with E-state index < -0.39 is 18.2 Å². The maximum absolute atomic E-state index is 11.2. The van der Waals surface area contributed by atoms with Crippen molar-refractivity contribution in [2.24, 2.45) is 0 Å². The molecule has 1 atom stereocenters. The van der Waals surface area contributed by atoms with Gasteiger partial charge in [-0.2, -0.15) is 0 Å². The van der Waals surface area contributed by atoms with Crippen LogP contribution in [0.25, 0.3) is 17.2 Å². The van der Waals surface area contributed by atoms with Crippen molar-refractivity contribution in [1.82, 2.24) is 0 Å². The molecule has 0 heterocycles. The molecule has 7 nitrogen and oxygen atoms in total. The van der Waals surface area contributed by atoms with Crippen molar-refractivity contribution >= 4 is 18.0 Å². The van der Waals surface area contributed by atoms with Crippen LogP contribution in [0.1, 0.15) is 18.4 Å². The minimum absolute atomic E-state index is 0.356. The Morgan fingerprint density at radius 3 is 1.92 bits per heavy atom. The monoisotopic (exact) mass is 514 g/mol. The molecule has 0 spiro atoms. The van der Waals surface area contributed by atoms with Crippen molar-refractivity contribution < 1.29 is 33.6 Å². The van der Waals surface area contributed by atoms with Crippen molar-refractivity contribution in [3.63, 3.8) is 0 Å². The largest absolute Gasteiger partial charge is 0.494 e. The molecule has 0 fully saturated rings. The summed E-state index contributed by atoms with van der Waals surface area (Å²) in [4.78, 5) is 22.2. The number of benzene rings is 3. The lowest BCUT2D eigenvalue weighted by Gasteiger charge is -2.10. The third-order valence-corrected chi connectivity index (χ3v) is 5.24. The summed E-state index contributed by atoms with van der Waals surface area (Å²) in [5.41, 5.74) is 3.00. The first kappa shape index (κ1) is 28.0. The van der Waals surface area contributed by atoms with Gasteiger partial charge in [0.25, 0.3) is 0 Å². The molecule has 0 aliphatic carbocycles. The van der Waals surface area contributed by atoms with Crippen LogP contribution in [0.2, 0.25) is 0 Å². The van der Waals surface area contributed by atoms with Crippen LogP contribution in [0.15, 0.2) is 104 Å². The van der Waals surface area contributed by atoms with Crippen LogP contribution in [-0.4, -0.2) is 36.5 Å². The Balaban J connectivity index is 1.44. The van der Waals surface area contributed by atoms with Gasteiger partial charge < -0.3 is 24.1 Å². The zero-order valence-electron chi connectivity index (χ0n) is 21.0. The highest BCUT2D eigenvalue weighted by molar-refractivity contribution is 5.83. The third kappa shape index (κ3) is 9.44. The molecule has 0 aliphatic heterocycles. The fourth-order valence-electron chi connectivity index (χ4n) is 3.27. The first-order chi connectivity index (χ1) is 18.5. The van der Waals surface area contributed by atoms with E-state index in [0.29, 0.717) is 24.7 Å². The number of rotatable bonds is 14. The molecule has 38 heavy (non-hydrogen) atoms. The molecule has 3 rings (SSSR count). The SMILES string of the molecule is C=CC(=O)OCCCCOc1ccc(-c2ccc(/C=C/C(O)Oc3ccc(OC(=O)C=C)cc3)cc2)cc1. The van der Waals surface area contributed by atoms with Gasteiger partial charge in [-0.3, -0.25) is 0 Å². The molecule has 0 bridgehead atoms. The van der Waals surface area contributed by atoms with E-state index in [0.717, 1.165) is 47.4 Å². The topological polar surface area (TPSA) is 91.3 Å². The minimum Gasteiger partial charge on any atom is -0.494 e. The molecule has 196 valence electrons. The number of hydrogen-bond acceptors (Lipinski definition) is 7. The number of hydrogen-bond donors (Lipinski definition) is 1. The van der Waals surface area contributed by atoms with E-state index in [9.17, 15) is 14.7 Å². The zero-order chi connectivity index (χ0) is 27.2. The average molecular weight is 515 g/mol. The molecule has 0 saturated heterocycles. The summed E-state index contributed by atoms with van der Waals surface area (Å²) in [5.74, 6) is 0.601. The lowest BCUT2D eigenvalue weighted by Crippen LogP contribution is -2.11. The van der Waals surface area contributed by atoms with Crippen LogP contribution in [0, 0.1) is 0 Å². The molecule has 0 aromatic heterocycles. The smallest absolute Gasteiger partial charge is 0.335 e. The van der Waals surface area contributed by atoms with Crippen LogP contribution in [-0.2, 0) is 14.3 Å². The summed E-state index contributed by atoms with van der Waals surface area (Å²) in [6.45, 7) is 7.60. The molecule has 3 aromatic rings. The van der Waals surface area contributed by atoms with Gasteiger partial charge in [-0.1, -0.05) is 55.6 Å². The Kier molecular flexibility index (Phi) is 10.9. The van der Waals surface area contributed by atoms with E-state index in [1.807, 2.05) is 48.5 Å². The number of aliphatic hydroxyl groups excluding tert-OH is 1. The Labute approximate surface area is 222 Å². The van der Waals surface area contributed by atoms with Gasteiger partial charge in [0.05, 0.1) is 13.2 Å². The van der Waals surface area contributed by atoms with Gasteiger partial charge in [-0.05, 0) is 72.0 Å². The molecular weight excluding hydrogens is 484 g/mol. The first-order valence-corrected chi connectivity index (χ1v) is 12.1. The average Bonchev–Trinajstić information content (AvgIpc) is 2.95. The van der Waals surface area contributed by atoms with Crippen molar-refractivity contribution in [3.05, 3.63) is 110 Å². The minimum atomic E-state index is -1.15. The van der Waals surface area contributed by atoms with Gasteiger partial charge in [0.1, 0.15) is 17.2 Å². The molecular formula is C31H30O7. The molecule has 3 aromatic carbocycles. The van der Waals surface area contributed by atoms with Gasteiger partial charge >= 0.3 is 11.9 Å². The quantitative estimate of drug-likeness (QED) is 0.0964. The Morgan fingerprint density at radius 1 is 0.737 bits per heavy atom. The van der Waals surface area contributed by atoms with Gasteiger partial charge in [0, 0.05) is 12.2 Å². The van der Waals surface area contributed by atoms with Crippen LogP contribution in [0.5, 0.6) is 17.2 Å². The van der Waals surface area contributed by atoms with E-state index >= 15 is 0 Å². The van der Waals surface area contributed by atoms with E-state index in [2.05, 4.69) is 13.2 Å². The number of esters is 2. The third-order valence-electron chi connectivity index (χ3n) is 5.24. The summed E-state index contributed by atoms with van der Waals surface area (Å²) in [6.07, 6.45) is 5.89. The van der Waals surface area contributed by atoms with Gasteiger partial charge in [0.2, 0.25) is 6.29 Å². The highest BCUT2D eigenvalue weighted by atomic mass is 16.6. The predicted octanol–water partition coefficient (Wildman–Crippen LogP) is 5.74. The number of carbonyl (C=O) groups excluding carboxylic acids is 2. The second kappa shape index (κ2) is 14.8. The van der Waals surface area contributed by atoms with Crippen molar-refractivity contribution in [1.29, 1.82) is 0 Å². The van der Waals surface area contributed by atoms with Crippen LogP contribution in [0.3, 0.4) is 0 Å². The Morgan fingerprint density at radius 2 is 1.29 bits per heavy atom. The van der Waals surface area contributed by atoms with Crippen LogP contribution < -0.4 is 14.2 Å². The number of ether oxygens (including phenoxy) is 4. The fraction of sp³-hybridized carbons (Fsp3) is 0.161. The zero-order valence-corrected chi connectivity index (χ0v) is 21.0. The van der Waals surface area contributed by atoms with E-state index in [1.165, 1.54) is 6.08 Å². The molecule has 0 amide bonds. The fourth-order valence-corrected chi connectivity index (χ4v) is 3.27. The maximum Gasteiger partial charge on any atom is 0.335 e. The summed E-state index contributed by atoms with van der Waals surface area (Å²) in [7, 11) is 0. The molecule has 7 heteroatoms.